The lowest BCUT2D eigenvalue weighted by Gasteiger charge is -2.18. The number of nitriles is 2. The largest absolute Gasteiger partial charge is 0.480 e. The number of rotatable bonds is 14. The Morgan fingerprint density at radius 3 is 1.30 bits per heavy atom. The number of anilines is 2. The van der Waals surface area contributed by atoms with Crippen LogP contribution in [0.4, 0.5) is 11.4 Å². The summed E-state index contributed by atoms with van der Waals surface area (Å²) in [6.07, 6.45) is 0.182. The van der Waals surface area contributed by atoms with Crippen molar-refractivity contribution in [3.05, 3.63) is 197 Å². The van der Waals surface area contributed by atoms with Crippen LogP contribution in [0.15, 0.2) is 121 Å². The number of halogens is 4. The van der Waals surface area contributed by atoms with Crippen molar-refractivity contribution in [2.24, 2.45) is 0 Å². The van der Waals surface area contributed by atoms with Gasteiger partial charge in [0.2, 0.25) is 0 Å². The topological polar surface area (TPSA) is 228 Å². The van der Waals surface area contributed by atoms with Crippen LogP contribution in [-0.2, 0) is 27.2 Å². The monoisotopic (exact) mass is 1000 g/mol. The van der Waals surface area contributed by atoms with Crippen molar-refractivity contribution in [3.63, 3.8) is 0 Å². The molecule has 0 saturated carbocycles. The van der Waals surface area contributed by atoms with Crippen LogP contribution in [-0.4, -0.2) is 59.9 Å². The van der Waals surface area contributed by atoms with Crippen molar-refractivity contribution in [2.75, 3.05) is 17.7 Å². The quantitative estimate of drug-likeness (QED) is 0.0649. The van der Waals surface area contributed by atoms with Crippen molar-refractivity contribution in [1.29, 1.82) is 10.5 Å². The summed E-state index contributed by atoms with van der Waals surface area (Å²) in [5, 5.41) is 39.2. The molecule has 6 rings (SSSR count). The van der Waals surface area contributed by atoms with Crippen molar-refractivity contribution in [3.8, 4) is 12.1 Å². The van der Waals surface area contributed by atoms with Crippen LogP contribution in [0.25, 0.3) is 0 Å². The Balaban J connectivity index is 0.000000258. The van der Waals surface area contributed by atoms with E-state index in [0.717, 1.165) is 5.56 Å². The summed E-state index contributed by atoms with van der Waals surface area (Å²) in [5.74, 6) is -3.80. The summed E-state index contributed by atoms with van der Waals surface area (Å²) in [6, 6.07) is 33.9. The summed E-state index contributed by atoms with van der Waals surface area (Å²) in [4.78, 5) is 74.7. The maximum atomic E-state index is 12.8. The number of methoxy groups -OCH3 is 1. The lowest BCUT2D eigenvalue weighted by molar-refractivity contribution is -0.143. The molecule has 6 aromatic rings. The van der Waals surface area contributed by atoms with E-state index in [1.54, 1.807) is 98.8 Å². The zero-order valence-corrected chi connectivity index (χ0v) is 39.9. The van der Waals surface area contributed by atoms with Crippen molar-refractivity contribution in [2.45, 2.75) is 38.8 Å². The van der Waals surface area contributed by atoms with Gasteiger partial charge in [-0.15, -0.1) is 0 Å². The van der Waals surface area contributed by atoms with E-state index in [1.165, 1.54) is 43.5 Å². The Labute approximate surface area is 416 Å². The number of amides is 4. The third-order valence-electron chi connectivity index (χ3n) is 10.3. The van der Waals surface area contributed by atoms with E-state index in [4.69, 9.17) is 61.7 Å². The minimum Gasteiger partial charge on any atom is -0.480 e. The molecular formula is C51H40Cl4N6O8. The van der Waals surface area contributed by atoms with Gasteiger partial charge in [-0.1, -0.05) is 94.9 Å². The fraction of sp³-hybridized carbons (Fsp3) is 0.137. The second-order valence-corrected chi connectivity index (χ2v) is 16.7. The van der Waals surface area contributed by atoms with E-state index in [1.807, 2.05) is 12.1 Å². The average Bonchev–Trinajstić information content (AvgIpc) is 3.32. The standard InChI is InChI=1S/C26H21Cl2N3O4.C25H19Cl2N3O4/c1-15-4-3-5-21(28)23(15)25(33)31-22(26(34)35-2)13-16-6-9-18(10-7-16)30-24(32)19-12-17(14-29)8-11-20(19)27;1-14-3-2-4-20(27)22(14)24(32)30-21(25(33)34)12-15-5-8-17(9-6-15)29-23(31)18-11-16(13-28)7-10-19(18)26/h3-12,22H,13H2,1-2H3,(H,30,32)(H,31,33);2-11,21H,12H2,1H3,(H,29,31)(H,30,32)(H,33,34). The molecule has 0 aliphatic rings. The maximum Gasteiger partial charge on any atom is 0.328 e. The molecule has 0 bridgehead atoms. The molecule has 0 radical (unpaired) electrons. The molecule has 0 aliphatic carbocycles. The van der Waals surface area contributed by atoms with Gasteiger partial charge >= 0.3 is 11.9 Å². The molecule has 6 aromatic carbocycles. The minimum absolute atomic E-state index is 0.0227. The predicted octanol–water partition coefficient (Wildman–Crippen LogP) is 9.79. The zero-order chi connectivity index (χ0) is 50.4. The van der Waals surface area contributed by atoms with Crippen LogP contribution in [0.2, 0.25) is 20.1 Å². The highest BCUT2D eigenvalue weighted by molar-refractivity contribution is 6.35. The fourth-order valence-electron chi connectivity index (χ4n) is 6.69. The van der Waals surface area contributed by atoms with Crippen LogP contribution in [0.1, 0.15) is 74.8 Å². The second kappa shape index (κ2) is 24.3. The van der Waals surface area contributed by atoms with Crippen molar-refractivity contribution >= 4 is 93.3 Å². The Kier molecular flexibility index (Phi) is 18.4. The molecule has 0 heterocycles. The number of benzene rings is 6. The molecule has 18 heteroatoms. The molecule has 2 unspecified atom stereocenters. The molecule has 0 spiro atoms. The van der Waals surface area contributed by atoms with Crippen molar-refractivity contribution < 1.29 is 38.6 Å². The first kappa shape index (κ1) is 52.3. The summed E-state index contributed by atoms with van der Waals surface area (Å²) in [5.41, 5.74) is 5.09. The van der Waals surface area contributed by atoms with E-state index < -0.39 is 47.7 Å². The SMILES string of the molecule is COC(=O)C(Cc1ccc(NC(=O)c2cc(C#N)ccc2Cl)cc1)NC(=O)c1c(C)cccc1Cl.Cc1cccc(Cl)c1C(=O)NC(Cc1ccc(NC(=O)c2cc(C#N)ccc2Cl)cc1)C(=O)O. The first-order valence-corrected chi connectivity index (χ1v) is 22.1. The molecule has 4 amide bonds. The number of esters is 1. The number of hydrogen-bond donors (Lipinski definition) is 5. The number of carboxylic acid groups (broad SMARTS) is 1. The number of nitrogens with zero attached hydrogens (tertiary/aromatic N) is 2. The Morgan fingerprint density at radius 1 is 0.551 bits per heavy atom. The van der Waals surface area contributed by atoms with Gasteiger partial charge in [0, 0.05) is 24.2 Å². The minimum atomic E-state index is -1.19. The van der Waals surface area contributed by atoms with Crippen LogP contribution in [0.5, 0.6) is 0 Å². The van der Waals surface area contributed by atoms with E-state index in [9.17, 15) is 33.9 Å². The van der Waals surface area contributed by atoms with Gasteiger partial charge in [0.15, 0.2) is 0 Å². The molecule has 14 nitrogen and oxygen atoms in total. The van der Waals surface area contributed by atoms with Gasteiger partial charge in [0.05, 0.1) is 72.7 Å². The molecule has 5 N–H and O–H groups in total. The molecule has 0 fully saturated rings. The summed E-state index contributed by atoms with van der Waals surface area (Å²) >= 11 is 24.4. The third-order valence-corrected chi connectivity index (χ3v) is 11.6. The number of carbonyl (C=O) groups excluding carboxylic acids is 5. The van der Waals surface area contributed by atoms with Gasteiger partial charge in [0.1, 0.15) is 12.1 Å². The normalized spacial score (nSPS) is 11.2. The van der Waals surface area contributed by atoms with Gasteiger partial charge in [-0.2, -0.15) is 10.5 Å². The Morgan fingerprint density at radius 2 is 0.942 bits per heavy atom. The first-order chi connectivity index (χ1) is 32.9. The Bertz CT molecular complexity index is 2980. The van der Waals surface area contributed by atoms with Gasteiger partial charge in [0.25, 0.3) is 23.6 Å². The zero-order valence-electron chi connectivity index (χ0n) is 36.8. The lowest BCUT2D eigenvalue weighted by atomic mass is 10.0. The smallest absolute Gasteiger partial charge is 0.328 e. The van der Waals surface area contributed by atoms with Crippen molar-refractivity contribution in [1.82, 2.24) is 10.6 Å². The fourth-order valence-corrected chi connectivity index (χ4v) is 7.71. The third kappa shape index (κ3) is 14.2. The van der Waals surface area contributed by atoms with Gasteiger partial charge in [-0.25, -0.2) is 9.59 Å². The number of carboxylic acids is 1. The average molecular weight is 1010 g/mol. The van der Waals surface area contributed by atoms with Crippen LogP contribution < -0.4 is 21.3 Å². The number of nitrogens with one attached hydrogen (secondary N) is 4. The summed E-state index contributed by atoms with van der Waals surface area (Å²) in [6.45, 7) is 3.47. The van der Waals surface area contributed by atoms with E-state index >= 15 is 0 Å². The van der Waals surface area contributed by atoms with E-state index in [2.05, 4.69) is 21.3 Å². The number of hydrogen-bond acceptors (Lipinski definition) is 9. The number of ether oxygens (including phenoxy) is 1. The Hall–Kier alpha value is -7.72. The van der Waals surface area contributed by atoms with Gasteiger partial charge in [-0.3, -0.25) is 19.2 Å². The molecule has 0 saturated heterocycles. The number of aliphatic carboxylic acids is 1. The number of aryl methyl sites for hydroxylation is 2. The van der Waals surface area contributed by atoms with Crippen LogP contribution in [0, 0.1) is 36.5 Å². The highest BCUT2D eigenvalue weighted by Gasteiger charge is 2.26. The number of carbonyl (C=O) groups is 6. The molecule has 69 heavy (non-hydrogen) atoms. The van der Waals surface area contributed by atoms with E-state index in [-0.39, 0.29) is 49.6 Å². The lowest BCUT2D eigenvalue weighted by Crippen LogP contribution is -2.43. The highest BCUT2D eigenvalue weighted by atomic mass is 35.5. The summed E-state index contributed by atoms with van der Waals surface area (Å²) < 4.78 is 4.86. The molecule has 0 aromatic heterocycles. The van der Waals surface area contributed by atoms with Crippen LogP contribution in [0.3, 0.4) is 0 Å². The van der Waals surface area contributed by atoms with Gasteiger partial charge in [-0.05, 0) is 109 Å². The summed E-state index contributed by atoms with van der Waals surface area (Å²) in [7, 11) is 1.24. The predicted molar refractivity (Wildman–Crippen MR) is 263 cm³/mol. The highest BCUT2D eigenvalue weighted by Crippen LogP contribution is 2.24. The first-order valence-electron chi connectivity index (χ1n) is 20.5. The second-order valence-electron chi connectivity index (χ2n) is 15.1. The molecule has 2 atom stereocenters. The van der Waals surface area contributed by atoms with E-state index in [0.29, 0.717) is 44.8 Å². The maximum absolute atomic E-state index is 12.8. The van der Waals surface area contributed by atoms with Crippen LogP contribution >= 0.6 is 46.4 Å². The molecule has 0 aliphatic heterocycles. The molecular weight excluding hydrogens is 966 g/mol. The molecule has 350 valence electrons. The van der Waals surface area contributed by atoms with Gasteiger partial charge < -0.3 is 31.1 Å².